The molecular weight excluding hydrogens is 156 g/mol. The van der Waals surface area contributed by atoms with Gasteiger partial charge in [0.1, 0.15) is 25.7 Å². The highest BCUT2D eigenvalue weighted by atomic mass is 16.4. The van der Waals surface area contributed by atoms with Crippen molar-refractivity contribution in [2.24, 2.45) is 0 Å². The van der Waals surface area contributed by atoms with Crippen LogP contribution < -0.4 is 14.9 Å². The number of rotatable bonds is 2. The highest BCUT2D eigenvalue weighted by molar-refractivity contribution is 5.64. The van der Waals surface area contributed by atoms with Crippen LogP contribution in [0.2, 0.25) is 0 Å². The average molecular weight is 173 g/mol. The number of likely N-dealkylation sites (N-methyl/N-ethyl adjacent to an activating group) is 2. The molecule has 0 aromatic rings. The van der Waals surface area contributed by atoms with Crippen molar-refractivity contribution in [2.75, 3.05) is 33.7 Å². The third kappa shape index (κ3) is 2.46. The molecule has 3 atom stereocenters. The van der Waals surface area contributed by atoms with Crippen LogP contribution in [0.3, 0.4) is 0 Å². The van der Waals surface area contributed by atoms with E-state index in [1.807, 2.05) is 0 Å². The fraction of sp³-hybridized carbons (Fsp3) is 0.875. The maximum absolute atomic E-state index is 10.4. The normalized spacial score (nSPS) is 36.3. The van der Waals surface area contributed by atoms with Crippen LogP contribution in [0.25, 0.3) is 0 Å². The van der Waals surface area contributed by atoms with Crippen LogP contribution >= 0.6 is 0 Å². The van der Waals surface area contributed by atoms with Crippen molar-refractivity contribution >= 4 is 5.97 Å². The molecule has 70 valence electrons. The summed E-state index contributed by atoms with van der Waals surface area (Å²) in [5.41, 5.74) is 0. The van der Waals surface area contributed by atoms with Crippen LogP contribution in [0.1, 0.15) is 6.42 Å². The van der Waals surface area contributed by atoms with Crippen molar-refractivity contribution in [1.29, 1.82) is 0 Å². The van der Waals surface area contributed by atoms with E-state index >= 15 is 0 Å². The number of carbonyl (C=O) groups excluding carboxylic acids is 1. The molecule has 0 spiro atoms. The summed E-state index contributed by atoms with van der Waals surface area (Å²) in [6.45, 7) is 3.14. The molecule has 1 rings (SSSR count). The fourth-order valence-corrected chi connectivity index (χ4v) is 1.76. The maximum atomic E-state index is 10.4. The Kier molecular flexibility index (Phi) is 3.05. The zero-order chi connectivity index (χ0) is 9.14. The van der Waals surface area contributed by atoms with Crippen LogP contribution in [0.5, 0.6) is 0 Å². The van der Waals surface area contributed by atoms with Crippen molar-refractivity contribution in [3.05, 3.63) is 0 Å². The van der Waals surface area contributed by atoms with Gasteiger partial charge in [-0.15, -0.1) is 0 Å². The highest BCUT2D eigenvalue weighted by Crippen LogP contribution is 1.83. The number of carboxylic acid groups (broad SMARTS) is 1. The van der Waals surface area contributed by atoms with Crippen LogP contribution in [0, 0.1) is 0 Å². The number of hydrogen-bond donors (Lipinski definition) is 2. The van der Waals surface area contributed by atoms with E-state index in [1.54, 1.807) is 0 Å². The largest absolute Gasteiger partial charge is 0.550 e. The molecule has 1 aliphatic rings. The molecule has 4 heteroatoms. The molecule has 1 fully saturated rings. The van der Waals surface area contributed by atoms with Gasteiger partial charge in [-0.3, -0.25) is 0 Å². The van der Waals surface area contributed by atoms with E-state index in [0.29, 0.717) is 0 Å². The number of piperazine rings is 1. The Labute approximate surface area is 72.8 Å². The van der Waals surface area contributed by atoms with E-state index in [4.69, 9.17) is 0 Å². The smallest absolute Gasteiger partial charge is 0.142 e. The van der Waals surface area contributed by atoms with E-state index in [9.17, 15) is 9.90 Å². The van der Waals surface area contributed by atoms with E-state index in [-0.39, 0.29) is 12.5 Å². The van der Waals surface area contributed by atoms with Crippen LogP contribution in [0.4, 0.5) is 0 Å². The van der Waals surface area contributed by atoms with Gasteiger partial charge in [0.2, 0.25) is 0 Å². The molecule has 2 N–H and O–H groups in total. The van der Waals surface area contributed by atoms with E-state index in [2.05, 4.69) is 14.1 Å². The lowest BCUT2D eigenvalue weighted by atomic mass is 10.1. The Bertz CT molecular complexity index is 172. The third-order valence-electron chi connectivity index (χ3n) is 2.65. The number of hydrogen-bond acceptors (Lipinski definition) is 2. The minimum Gasteiger partial charge on any atom is -0.550 e. The van der Waals surface area contributed by atoms with E-state index in [1.165, 1.54) is 9.80 Å². The van der Waals surface area contributed by atoms with Gasteiger partial charge in [-0.25, -0.2) is 0 Å². The molecule has 12 heavy (non-hydrogen) atoms. The summed E-state index contributed by atoms with van der Waals surface area (Å²) in [5, 5.41) is 10.4. The average Bonchev–Trinajstić information content (AvgIpc) is 1.96. The first kappa shape index (κ1) is 9.48. The molecule has 1 aliphatic heterocycles. The van der Waals surface area contributed by atoms with Gasteiger partial charge in [-0.2, -0.15) is 0 Å². The van der Waals surface area contributed by atoms with Crippen molar-refractivity contribution in [1.82, 2.24) is 0 Å². The van der Waals surface area contributed by atoms with E-state index < -0.39 is 5.97 Å². The first-order valence-corrected chi connectivity index (χ1v) is 4.43. The van der Waals surface area contributed by atoms with E-state index in [0.717, 1.165) is 19.6 Å². The minimum atomic E-state index is -0.922. The van der Waals surface area contributed by atoms with Gasteiger partial charge in [-0.05, 0) is 0 Å². The summed E-state index contributed by atoms with van der Waals surface area (Å²) in [6.07, 6.45) is 0.198. The highest BCUT2D eigenvalue weighted by Gasteiger charge is 2.28. The molecule has 0 amide bonds. The van der Waals surface area contributed by atoms with Gasteiger partial charge in [0.05, 0.1) is 14.1 Å². The molecule has 0 radical (unpaired) electrons. The van der Waals surface area contributed by atoms with Crippen molar-refractivity contribution < 1.29 is 19.7 Å². The Balaban J connectivity index is 2.43. The predicted molar refractivity (Wildman–Crippen MR) is 41.8 cm³/mol. The molecule has 0 aromatic heterocycles. The lowest BCUT2D eigenvalue weighted by Crippen LogP contribution is -3.28. The molecule has 1 saturated heterocycles. The summed E-state index contributed by atoms with van der Waals surface area (Å²) < 4.78 is 0. The molecule has 4 nitrogen and oxygen atoms in total. The molecule has 0 saturated carbocycles. The second-order valence-corrected chi connectivity index (χ2v) is 3.78. The quantitative estimate of drug-likeness (QED) is 0.442. The molecule has 0 bridgehead atoms. The van der Waals surface area contributed by atoms with Crippen LogP contribution in [0.15, 0.2) is 0 Å². The van der Waals surface area contributed by atoms with Crippen molar-refractivity contribution in [2.45, 2.75) is 12.5 Å². The first-order chi connectivity index (χ1) is 5.59. The third-order valence-corrected chi connectivity index (χ3v) is 2.65. The zero-order valence-electron chi connectivity index (χ0n) is 7.72. The number of aliphatic carboxylic acids is 1. The SMILES string of the molecule is C[NH+]1CC[NH+](C)[C@H](CC(=O)[O-])C1. The fourth-order valence-electron chi connectivity index (χ4n) is 1.76. The van der Waals surface area contributed by atoms with Crippen molar-refractivity contribution in [3.63, 3.8) is 0 Å². The minimum absolute atomic E-state index is 0.198. The van der Waals surface area contributed by atoms with Gasteiger partial charge in [0.15, 0.2) is 0 Å². The standard InChI is InChI=1S/C8H16N2O2/c1-9-3-4-10(2)7(6-9)5-8(11)12/h7H,3-6H2,1-2H3,(H,11,12)/p+1/t7-/m1/s1. The monoisotopic (exact) mass is 173 g/mol. The van der Waals surface area contributed by atoms with Crippen LogP contribution in [-0.4, -0.2) is 45.7 Å². The molecule has 0 aliphatic carbocycles. The Morgan fingerprint density at radius 1 is 1.50 bits per heavy atom. The summed E-state index contributed by atoms with van der Waals surface area (Å²) in [5.74, 6) is -0.922. The predicted octanol–water partition coefficient (Wildman–Crippen LogP) is -4.46. The first-order valence-electron chi connectivity index (χ1n) is 4.43. The summed E-state index contributed by atoms with van der Waals surface area (Å²) >= 11 is 0. The summed E-state index contributed by atoms with van der Waals surface area (Å²) in [6, 6.07) is 0.240. The topological polar surface area (TPSA) is 49.0 Å². The zero-order valence-corrected chi connectivity index (χ0v) is 7.72. The molecule has 0 aromatic carbocycles. The summed E-state index contributed by atoms with van der Waals surface area (Å²) in [7, 11) is 4.16. The van der Waals surface area contributed by atoms with Crippen LogP contribution in [-0.2, 0) is 4.79 Å². The molecule has 1 heterocycles. The number of quaternary nitrogens is 2. The van der Waals surface area contributed by atoms with Gasteiger partial charge < -0.3 is 19.7 Å². The second kappa shape index (κ2) is 3.87. The Hall–Kier alpha value is -0.610. The van der Waals surface area contributed by atoms with Gasteiger partial charge >= 0.3 is 0 Å². The van der Waals surface area contributed by atoms with Gasteiger partial charge in [0.25, 0.3) is 0 Å². The number of nitrogens with one attached hydrogen (secondary N) is 2. The number of carboxylic acids is 1. The lowest BCUT2D eigenvalue weighted by molar-refractivity contribution is -1.01. The summed E-state index contributed by atoms with van der Waals surface area (Å²) in [4.78, 5) is 13.1. The maximum Gasteiger partial charge on any atom is 0.142 e. The lowest BCUT2D eigenvalue weighted by Gasteiger charge is -2.32. The molecular formula is C8H17N2O2+. The molecule has 2 unspecified atom stereocenters. The Morgan fingerprint density at radius 3 is 2.75 bits per heavy atom. The number of carbonyl (C=O) groups is 1. The van der Waals surface area contributed by atoms with Gasteiger partial charge in [-0.1, -0.05) is 0 Å². The van der Waals surface area contributed by atoms with Crippen molar-refractivity contribution in [3.8, 4) is 0 Å². The van der Waals surface area contributed by atoms with Gasteiger partial charge in [0, 0.05) is 12.4 Å². The Morgan fingerprint density at radius 2 is 2.17 bits per heavy atom. The second-order valence-electron chi connectivity index (χ2n) is 3.78.